The van der Waals surface area contributed by atoms with Gasteiger partial charge in [-0.15, -0.1) is 0 Å². The van der Waals surface area contributed by atoms with Crippen LogP contribution in [0.5, 0.6) is 0 Å². The van der Waals surface area contributed by atoms with Crippen LogP contribution in [-0.2, 0) is 0 Å². The minimum Gasteiger partial charge on any atom is -0.430 e. The number of nitrogens with one attached hydrogen (secondary N) is 2. The summed E-state index contributed by atoms with van der Waals surface area (Å²) in [4.78, 5) is 22.9. The van der Waals surface area contributed by atoms with Gasteiger partial charge < -0.3 is 9.73 Å². The van der Waals surface area contributed by atoms with E-state index >= 15 is 0 Å². The minimum absolute atomic E-state index is 0.279. The maximum absolute atomic E-state index is 12.0. The maximum atomic E-state index is 12.0. The molecule has 0 saturated heterocycles. The number of nitrogens with zero attached hydrogens (tertiary/aromatic N) is 1. The Kier molecular flexibility index (Phi) is 3.34. The molecule has 3 aromatic rings. The number of carbonyl (C=O) groups excluding carboxylic acids is 1. The van der Waals surface area contributed by atoms with Crippen molar-refractivity contribution in [2.75, 3.05) is 5.32 Å². The van der Waals surface area contributed by atoms with Crippen LogP contribution in [0.4, 0.5) is 5.69 Å². The monoisotopic (exact) mass is 281 g/mol. The Morgan fingerprint density at radius 1 is 1.19 bits per heavy atom. The number of hydrogen-bond donors (Lipinski definition) is 2. The fraction of sp³-hybridized carbons (Fsp3) is 0. The second-order valence-electron chi connectivity index (χ2n) is 4.35. The van der Waals surface area contributed by atoms with Crippen molar-refractivity contribution >= 4 is 11.6 Å². The van der Waals surface area contributed by atoms with E-state index in [0.29, 0.717) is 5.69 Å². The lowest BCUT2D eigenvalue weighted by Gasteiger charge is -2.06. The number of H-pyrrole nitrogens is 1. The second kappa shape index (κ2) is 5.46. The molecule has 21 heavy (non-hydrogen) atoms. The number of aromatic amines is 1. The van der Waals surface area contributed by atoms with Gasteiger partial charge in [-0.2, -0.15) is 5.10 Å². The van der Waals surface area contributed by atoms with Crippen LogP contribution < -0.4 is 10.9 Å². The molecule has 0 saturated carbocycles. The summed E-state index contributed by atoms with van der Waals surface area (Å²) in [6, 6.07) is 11.8. The molecule has 0 aliphatic rings. The van der Waals surface area contributed by atoms with Crippen molar-refractivity contribution in [2.45, 2.75) is 0 Å². The van der Waals surface area contributed by atoms with Crippen LogP contribution in [0.3, 0.4) is 0 Å². The molecule has 0 spiro atoms. The lowest BCUT2D eigenvalue weighted by molar-refractivity contribution is 0.102. The predicted octanol–water partition coefficient (Wildman–Crippen LogP) is 2.28. The van der Waals surface area contributed by atoms with Gasteiger partial charge in [-0.25, -0.2) is 4.79 Å². The quantitative estimate of drug-likeness (QED) is 0.771. The zero-order valence-electron chi connectivity index (χ0n) is 10.9. The molecule has 6 nitrogen and oxygen atoms in total. The van der Waals surface area contributed by atoms with E-state index in [0.717, 1.165) is 17.5 Å². The van der Waals surface area contributed by atoms with Crippen LogP contribution in [0.25, 0.3) is 11.3 Å². The van der Waals surface area contributed by atoms with Crippen molar-refractivity contribution < 1.29 is 9.21 Å². The molecule has 2 heterocycles. The van der Waals surface area contributed by atoms with Gasteiger partial charge >= 0.3 is 5.63 Å². The Labute approximate surface area is 119 Å². The summed E-state index contributed by atoms with van der Waals surface area (Å²) in [6.45, 7) is 0. The molecule has 1 amide bonds. The molecular weight excluding hydrogens is 270 g/mol. The molecule has 1 aromatic carbocycles. The van der Waals surface area contributed by atoms with E-state index < -0.39 is 5.63 Å². The van der Waals surface area contributed by atoms with Crippen molar-refractivity contribution in [1.29, 1.82) is 0 Å². The maximum Gasteiger partial charge on any atom is 0.335 e. The summed E-state index contributed by atoms with van der Waals surface area (Å²) in [5.41, 5.74) is 2.19. The number of hydrogen-bond acceptors (Lipinski definition) is 4. The van der Waals surface area contributed by atoms with E-state index in [2.05, 4.69) is 19.9 Å². The highest BCUT2D eigenvalue weighted by Crippen LogP contribution is 2.20. The molecule has 0 unspecified atom stereocenters. The van der Waals surface area contributed by atoms with Gasteiger partial charge in [-0.3, -0.25) is 9.89 Å². The second-order valence-corrected chi connectivity index (χ2v) is 4.35. The Morgan fingerprint density at radius 2 is 2.10 bits per heavy atom. The molecule has 0 bridgehead atoms. The number of carbonyl (C=O) groups is 1. The van der Waals surface area contributed by atoms with E-state index in [9.17, 15) is 9.59 Å². The highest BCUT2D eigenvalue weighted by Gasteiger charge is 2.08. The molecule has 0 fully saturated rings. The first-order valence-electron chi connectivity index (χ1n) is 6.22. The lowest BCUT2D eigenvalue weighted by atomic mass is 10.1. The van der Waals surface area contributed by atoms with E-state index in [1.807, 2.05) is 24.3 Å². The van der Waals surface area contributed by atoms with Crippen molar-refractivity contribution in [1.82, 2.24) is 10.2 Å². The fourth-order valence-electron chi connectivity index (χ4n) is 1.87. The van der Waals surface area contributed by atoms with E-state index in [4.69, 9.17) is 0 Å². The number of rotatable bonds is 3. The Hall–Kier alpha value is -3.15. The molecule has 0 aliphatic carbocycles. The summed E-state index contributed by atoms with van der Waals surface area (Å²) >= 11 is 0. The van der Waals surface area contributed by atoms with Gasteiger partial charge in [0.15, 0.2) is 0 Å². The first-order valence-corrected chi connectivity index (χ1v) is 6.22. The number of aromatic nitrogens is 2. The van der Waals surface area contributed by atoms with Gasteiger partial charge in [0.1, 0.15) is 6.26 Å². The Morgan fingerprint density at radius 3 is 2.81 bits per heavy atom. The molecule has 2 aromatic heterocycles. The molecule has 2 N–H and O–H groups in total. The molecule has 0 radical (unpaired) electrons. The van der Waals surface area contributed by atoms with Crippen LogP contribution in [0.2, 0.25) is 0 Å². The topological polar surface area (TPSA) is 88.0 Å². The van der Waals surface area contributed by atoms with Crippen LogP contribution in [0.1, 0.15) is 10.4 Å². The number of benzene rings is 1. The summed E-state index contributed by atoms with van der Waals surface area (Å²) in [7, 11) is 0. The first-order chi connectivity index (χ1) is 10.2. The van der Waals surface area contributed by atoms with Gasteiger partial charge in [0.05, 0.1) is 11.3 Å². The minimum atomic E-state index is -0.493. The van der Waals surface area contributed by atoms with Crippen LogP contribution in [0.15, 0.2) is 64.1 Å². The number of amides is 1. The third-order valence-corrected chi connectivity index (χ3v) is 2.90. The van der Waals surface area contributed by atoms with Crippen molar-refractivity contribution in [3.05, 3.63) is 70.9 Å². The average molecular weight is 281 g/mol. The molecule has 0 atom stereocenters. The normalized spacial score (nSPS) is 10.3. The van der Waals surface area contributed by atoms with Gasteiger partial charge in [0.25, 0.3) is 5.91 Å². The smallest absolute Gasteiger partial charge is 0.335 e. The van der Waals surface area contributed by atoms with Gasteiger partial charge in [0, 0.05) is 23.5 Å². The summed E-state index contributed by atoms with van der Waals surface area (Å²) in [5.74, 6) is -0.347. The van der Waals surface area contributed by atoms with Crippen LogP contribution >= 0.6 is 0 Å². The third kappa shape index (κ3) is 2.89. The summed E-state index contributed by atoms with van der Waals surface area (Å²) in [5, 5.41) is 9.49. The fourth-order valence-corrected chi connectivity index (χ4v) is 1.87. The average Bonchev–Trinajstić information content (AvgIpc) is 3.02. The van der Waals surface area contributed by atoms with Gasteiger partial charge in [-0.05, 0) is 24.3 Å². The highest BCUT2D eigenvalue weighted by molar-refractivity contribution is 6.04. The predicted molar refractivity (Wildman–Crippen MR) is 77.0 cm³/mol. The lowest BCUT2D eigenvalue weighted by Crippen LogP contribution is -2.12. The Bertz CT molecular complexity index is 802. The standard InChI is InChI=1S/C15H11N3O3/c19-14-5-4-11(9-21-14)15(20)17-12-3-1-2-10(8-12)13-6-7-16-18-13/h1-9H,(H,16,18)(H,17,20). The van der Waals surface area contributed by atoms with E-state index in [1.165, 1.54) is 12.1 Å². The molecule has 6 heteroatoms. The molecule has 0 aliphatic heterocycles. The third-order valence-electron chi connectivity index (χ3n) is 2.90. The van der Waals surface area contributed by atoms with Crippen molar-refractivity contribution in [3.63, 3.8) is 0 Å². The van der Waals surface area contributed by atoms with Gasteiger partial charge in [0.2, 0.25) is 0 Å². The zero-order valence-corrected chi connectivity index (χ0v) is 10.9. The van der Waals surface area contributed by atoms with E-state index in [-0.39, 0.29) is 11.5 Å². The van der Waals surface area contributed by atoms with Gasteiger partial charge in [-0.1, -0.05) is 12.1 Å². The van der Waals surface area contributed by atoms with Crippen LogP contribution in [-0.4, -0.2) is 16.1 Å². The van der Waals surface area contributed by atoms with E-state index in [1.54, 1.807) is 12.3 Å². The SMILES string of the molecule is O=C(Nc1cccc(-c2ccn[nH]2)c1)c1ccc(=O)oc1. The Balaban J connectivity index is 1.82. The largest absolute Gasteiger partial charge is 0.430 e. The molecular formula is C15H11N3O3. The molecule has 104 valence electrons. The number of anilines is 1. The zero-order chi connectivity index (χ0) is 14.7. The van der Waals surface area contributed by atoms with Crippen LogP contribution in [0, 0.1) is 0 Å². The van der Waals surface area contributed by atoms with Crippen molar-refractivity contribution in [2.24, 2.45) is 0 Å². The summed E-state index contributed by atoms with van der Waals surface area (Å²) < 4.78 is 4.67. The van der Waals surface area contributed by atoms with Crippen molar-refractivity contribution in [3.8, 4) is 11.3 Å². The first kappa shape index (κ1) is 12.9. The molecule has 3 rings (SSSR count). The highest BCUT2D eigenvalue weighted by atomic mass is 16.4. The summed E-state index contributed by atoms with van der Waals surface area (Å²) in [6.07, 6.45) is 2.79.